The van der Waals surface area contributed by atoms with Gasteiger partial charge in [-0.05, 0) is 35.7 Å². The predicted octanol–water partition coefficient (Wildman–Crippen LogP) is 4.03. The van der Waals surface area contributed by atoms with Crippen molar-refractivity contribution in [2.75, 3.05) is 13.2 Å². The molecular formula is C22H23N3O3S. The van der Waals surface area contributed by atoms with Crippen molar-refractivity contribution < 1.29 is 14.3 Å². The molecule has 1 N–H and O–H groups in total. The summed E-state index contributed by atoms with van der Waals surface area (Å²) in [6.07, 6.45) is 1.97. The zero-order chi connectivity index (χ0) is 20.2. The summed E-state index contributed by atoms with van der Waals surface area (Å²) in [7, 11) is 0. The summed E-state index contributed by atoms with van der Waals surface area (Å²) in [5.41, 5.74) is 2.57. The van der Waals surface area contributed by atoms with Gasteiger partial charge in [0.05, 0.1) is 23.9 Å². The molecule has 1 amide bonds. The Morgan fingerprint density at radius 3 is 2.76 bits per heavy atom. The SMILES string of the molecule is CC(C)C(NC(=O)Cc1csc(-c2ccccn2)n1)c1ccc2c(c1)OCCO2. The molecule has 1 aromatic carbocycles. The zero-order valence-corrected chi connectivity index (χ0v) is 17.2. The molecule has 3 aromatic rings. The number of carbonyl (C=O) groups excluding carboxylic acids is 1. The maximum absolute atomic E-state index is 12.7. The third-order valence-electron chi connectivity index (χ3n) is 4.69. The van der Waals surface area contributed by atoms with Gasteiger partial charge in [-0.2, -0.15) is 0 Å². The molecule has 3 heterocycles. The normalized spacial score (nSPS) is 13.9. The van der Waals surface area contributed by atoms with Crippen LogP contribution in [0.3, 0.4) is 0 Å². The van der Waals surface area contributed by atoms with Gasteiger partial charge in [-0.15, -0.1) is 11.3 Å². The standard InChI is InChI=1S/C22H23N3O3S/c1-14(2)21(15-6-7-18-19(11-15)28-10-9-27-18)25-20(26)12-16-13-29-22(24-16)17-5-3-4-8-23-17/h3-8,11,13-14,21H,9-10,12H2,1-2H3,(H,25,26). The monoisotopic (exact) mass is 409 g/mol. The van der Waals surface area contributed by atoms with Crippen LogP contribution in [-0.2, 0) is 11.2 Å². The largest absolute Gasteiger partial charge is 0.486 e. The van der Waals surface area contributed by atoms with Gasteiger partial charge in [-0.1, -0.05) is 26.0 Å². The first-order valence-electron chi connectivity index (χ1n) is 9.65. The van der Waals surface area contributed by atoms with E-state index in [4.69, 9.17) is 9.47 Å². The highest BCUT2D eigenvalue weighted by atomic mass is 32.1. The maximum Gasteiger partial charge on any atom is 0.226 e. The number of fused-ring (bicyclic) bond motifs is 1. The molecule has 0 radical (unpaired) electrons. The highest BCUT2D eigenvalue weighted by Gasteiger charge is 2.22. The Balaban J connectivity index is 1.45. The first kappa shape index (κ1) is 19.4. The van der Waals surface area contributed by atoms with Crippen LogP contribution in [0.2, 0.25) is 0 Å². The van der Waals surface area contributed by atoms with Crippen LogP contribution in [0, 0.1) is 5.92 Å². The molecular weight excluding hydrogens is 386 g/mol. The Labute approximate surface area is 173 Å². The minimum absolute atomic E-state index is 0.0588. The molecule has 29 heavy (non-hydrogen) atoms. The van der Waals surface area contributed by atoms with Crippen LogP contribution in [0.25, 0.3) is 10.7 Å². The molecule has 150 valence electrons. The highest BCUT2D eigenvalue weighted by molar-refractivity contribution is 7.13. The number of nitrogens with zero attached hydrogens (tertiary/aromatic N) is 2. The average Bonchev–Trinajstić information content (AvgIpc) is 3.20. The fourth-order valence-electron chi connectivity index (χ4n) is 3.27. The molecule has 0 aliphatic carbocycles. The fourth-order valence-corrected chi connectivity index (χ4v) is 4.07. The van der Waals surface area contributed by atoms with Crippen molar-refractivity contribution in [3.05, 3.63) is 59.2 Å². The van der Waals surface area contributed by atoms with E-state index in [-0.39, 0.29) is 24.3 Å². The molecule has 0 fully saturated rings. The molecule has 0 saturated carbocycles. The molecule has 1 aliphatic rings. The van der Waals surface area contributed by atoms with Crippen LogP contribution in [-0.4, -0.2) is 29.1 Å². The minimum Gasteiger partial charge on any atom is -0.486 e. The topological polar surface area (TPSA) is 73.3 Å². The van der Waals surface area contributed by atoms with Gasteiger partial charge in [0.1, 0.15) is 18.2 Å². The van der Waals surface area contributed by atoms with Crippen LogP contribution in [0.5, 0.6) is 11.5 Å². The zero-order valence-electron chi connectivity index (χ0n) is 16.4. The van der Waals surface area contributed by atoms with Gasteiger partial charge < -0.3 is 14.8 Å². The Hall–Kier alpha value is -2.93. The second-order valence-corrected chi connectivity index (χ2v) is 8.09. The molecule has 7 heteroatoms. The summed E-state index contributed by atoms with van der Waals surface area (Å²) >= 11 is 1.50. The Bertz CT molecular complexity index is 988. The second kappa shape index (κ2) is 8.61. The third kappa shape index (κ3) is 4.56. The van der Waals surface area contributed by atoms with Crippen LogP contribution in [0.4, 0.5) is 0 Å². The number of amides is 1. The molecule has 1 atom stereocenters. The minimum atomic E-state index is -0.118. The van der Waals surface area contributed by atoms with Gasteiger partial charge in [0, 0.05) is 11.6 Å². The van der Waals surface area contributed by atoms with E-state index in [2.05, 4.69) is 29.1 Å². The van der Waals surface area contributed by atoms with E-state index in [9.17, 15) is 4.79 Å². The number of carbonyl (C=O) groups is 1. The van der Waals surface area contributed by atoms with Crippen molar-refractivity contribution in [2.45, 2.75) is 26.3 Å². The van der Waals surface area contributed by atoms with Gasteiger partial charge in [0.2, 0.25) is 5.91 Å². The Kier molecular flexibility index (Phi) is 5.76. The number of pyridine rings is 1. The predicted molar refractivity (Wildman–Crippen MR) is 112 cm³/mol. The molecule has 0 bridgehead atoms. The van der Waals surface area contributed by atoms with E-state index in [0.717, 1.165) is 33.5 Å². The van der Waals surface area contributed by atoms with E-state index in [1.54, 1.807) is 6.20 Å². The summed E-state index contributed by atoms with van der Waals surface area (Å²) in [6.45, 7) is 5.27. The second-order valence-electron chi connectivity index (χ2n) is 7.23. The number of hydrogen-bond acceptors (Lipinski definition) is 6. The van der Waals surface area contributed by atoms with E-state index in [1.165, 1.54) is 11.3 Å². The van der Waals surface area contributed by atoms with Gasteiger partial charge in [-0.25, -0.2) is 4.98 Å². The third-order valence-corrected chi connectivity index (χ3v) is 5.60. The lowest BCUT2D eigenvalue weighted by Crippen LogP contribution is -2.33. The van der Waals surface area contributed by atoms with Crippen LogP contribution in [0.15, 0.2) is 48.0 Å². The van der Waals surface area contributed by atoms with Gasteiger partial charge in [-0.3, -0.25) is 9.78 Å². The Morgan fingerprint density at radius 2 is 2.00 bits per heavy atom. The van der Waals surface area contributed by atoms with Crippen molar-refractivity contribution in [1.29, 1.82) is 0 Å². The van der Waals surface area contributed by atoms with E-state index >= 15 is 0 Å². The lowest BCUT2D eigenvalue weighted by molar-refractivity contribution is -0.121. The van der Waals surface area contributed by atoms with Crippen molar-refractivity contribution in [3.8, 4) is 22.2 Å². The van der Waals surface area contributed by atoms with Crippen molar-refractivity contribution in [2.24, 2.45) is 5.92 Å². The molecule has 2 aromatic heterocycles. The smallest absolute Gasteiger partial charge is 0.226 e. The fraction of sp³-hybridized carbons (Fsp3) is 0.318. The molecule has 6 nitrogen and oxygen atoms in total. The molecule has 1 aliphatic heterocycles. The van der Waals surface area contributed by atoms with Gasteiger partial charge >= 0.3 is 0 Å². The van der Waals surface area contributed by atoms with Gasteiger partial charge in [0.15, 0.2) is 11.5 Å². The number of rotatable bonds is 6. The quantitative estimate of drug-likeness (QED) is 0.665. The number of benzene rings is 1. The summed E-state index contributed by atoms with van der Waals surface area (Å²) in [5.74, 6) is 1.64. The van der Waals surface area contributed by atoms with E-state index < -0.39 is 0 Å². The molecule has 0 spiro atoms. The van der Waals surface area contributed by atoms with Crippen LogP contribution >= 0.6 is 11.3 Å². The summed E-state index contributed by atoms with van der Waals surface area (Å²) in [5, 5.41) is 5.89. The van der Waals surface area contributed by atoms with Gasteiger partial charge in [0.25, 0.3) is 0 Å². The lowest BCUT2D eigenvalue weighted by atomic mass is 9.95. The summed E-state index contributed by atoms with van der Waals surface area (Å²) in [4.78, 5) is 21.6. The number of nitrogens with one attached hydrogen (secondary N) is 1. The van der Waals surface area contributed by atoms with E-state index in [1.807, 2.05) is 41.8 Å². The van der Waals surface area contributed by atoms with Crippen molar-refractivity contribution in [1.82, 2.24) is 15.3 Å². The number of aromatic nitrogens is 2. The summed E-state index contributed by atoms with van der Waals surface area (Å²) < 4.78 is 11.3. The van der Waals surface area contributed by atoms with Crippen LogP contribution in [0.1, 0.15) is 31.1 Å². The van der Waals surface area contributed by atoms with Crippen LogP contribution < -0.4 is 14.8 Å². The first-order chi connectivity index (χ1) is 14.1. The number of thiazole rings is 1. The lowest BCUT2D eigenvalue weighted by Gasteiger charge is -2.25. The number of hydrogen-bond donors (Lipinski definition) is 1. The molecule has 1 unspecified atom stereocenters. The average molecular weight is 410 g/mol. The molecule has 4 rings (SSSR count). The van der Waals surface area contributed by atoms with E-state index in [0.29, 0.717) is 13.2 Å². The first-order valence-corrected chi connectivity index (χ1v) is 10.5. The van der Waals surface area contributed by atoms with Crippen molar-refractivity contribution >= 4 is 17.2 Å². The number of ether oxygens (including phenoxy) is 2. The van der Waals surface area contributed by atoms with Crippen molar-refractivity contribution in [3.63, 3.8) is 0 Å². The maximum atomic E-state index is 12.7. The summed E-state index contributed by atoms with van der Waals surface area (Å²) in [6, 6.07) is 11.4. The highest BCUT2D eigenvalue weighted by Crippen LogP contribution is 2.34. The Morgan fingerprint density at radius 1 is 1.17 bits per heavy atom. The molecule has 0 saturated heterocycles.